The molecule has 0 amide bonds. The van der Waals surface area contributed by atoms with Gasteiger partial charge in [-0.15, -0.1) is 0 Å². The molecule has 74 valence electrons. The lowest BCUT2D eigenvalue weighted by molar-refractivity contribution is 0.785. The van der Waals surface area contributed by atoms with Crippen LogP contribution in [0.1, 0.15) is 36.6 Å². The van der Waals surface area contributed by atoms with Crippen molar-refractivity contribution in [3.63, 3.8) is 0 Å². The fraction of sp³-hybridized carbons (Fsp3) is 0.417. The van der Waals surface area contributed by atoms with E-state index >= 15 is 0 Å². The first-order chi connectivity index (χ1) is 6.72. The standard InChI is InChI=1S/C12H15NO/c1-3-9-5-4-6-11-10(9)7-8(2)12(14)13-11/h3,7H,4-6H2,1-2H3,(H,13,14)/b9-3-. The minimum Gasteiger partial charge on any atom is -0.325 e. The highest BCUT2D eigenvalue weighted by Crippen LogP contribution is 2.28. The zero-order valence-corrected chi connectivity index (χ0v) is 8.68. The molecule has 0 aliphatic heterocycles. The maximum Gasteiger partial charge on any atom is 0.251 e. The molecule has 0 unspecified atom stereocenters. The van der Waals surface area contributed by atoms with Crippen LogP contribution in [0.15, 0.2) is 16.9 Å². The Bertz CT molecular complexity index is 440. The van der Waals surface area contributed by atoms with Crippen molar-refractivity contribution in [3.8, 4) is 0 Å². The predicted molar refractivity (Wildman–Crippen MR) is 58.4 cm³/mol. The summed E-state index contributed by atoms with van der Waals surface area (Å²) in [5, 5.41) is 0. The Hall–Kier alpha value is -1.31. The van der Waals surface area contributed by atoms with Gasteiger partial charge in [-0.05, 0) is 50.3 Å². The second-order valence-electron chi connectivity index (χ2n) is 3.84. The quantitative estimate of drug-likeness (QED) is 0.668. The largest absolute Gasteiger partial charge is 0.325 e. The number of fused-ring (bicyclic) bond motifs is 1. The van der Waals surface area contributed by atoms with Crippen molar-refractivity contribution in [1.29, 1.82) is 0 Å². The van der Waals surface area contributed by atoms with Crippen LogP contribution in [0.4, 0.5) is 0 Å². The number of H-pyrrole nitrogens is 1. The van der Waals surface area contributed by atoms with Crippen LogP contribution in [0, 0.1) is 6.92 Å². The number of rotatable bonds is 0. The molecular formula is C12H15NO. The number of allylic oxidation sites excluding steroid dienone is 2. The Balaban J connectivity index is 2.64. The molecule has 14 heavy (non-hydrogen) atoms. The maximum atomic E-state index is 11.4. The predicted octanol–water partition coefficient (Wildman–Crippen LogP) is 2.42. The van der Waals surface area contributed by atoms with Gasteiger partial charge in [0, 0.05) is 11.3 Å². The first kappa shape index (κ1) is 9.25. The van der Waals surface area contributed by atoms with E-state index in [1.807, 2.05) is 13.0 Å². The Morgan fingerprint density at radius 3 is 2.93 bits per heavy atom. The van der Waals surface area contributed by atoms with Crippen LogP contribution in [-0.2, 0) is 6.42 Å². The summed E-state index contributed by atoms with van der Waals surface area (Å²) in [6.07, 6.45) is 5.43. The molecule has 1 aliphatic carbocycles. The van der Waals surface area contributed by atoms with Gasteiger partial charge >= 0.3 is 0 Å². The summed E-state index contributed by atoms with van der Waals surface area (Å²) < 4.78 is 0. The van der Waals surface area contributed by atoms with Crippen LogP contribution < -0.4 is 5.56 Å². The third kappa shape index (κ3) is 1.41. The minimum absolute atomic E-state index is 0.0566. The number of nitrogens with one attached hydrogen (secondary N) is 1. The van der Waals surface area contributed by atoms with Gasteiger partial charge in [0.25, 0.3) is 5.56 Å². The Morgan fingerprint density at radius 1 is 1.43 bits per heavy atom. The van der Waals surface area contributed by atoms with E-state index in [1.165, 1.54) is 11.1 Å². The van der Waals surface area contributed by atoms with Crippen LogP contribution in [-0.4, -0.2) is 4.98 Å². The molecule has 2 heteroatoms. The molecule has 0 aromatic carbocycles. The number of aromatic amines is 1. The highest BCUT2D eigenvalue weighted by atomic mass is 16.1. The maximum absolute atomic E-state index is 11.4. The molecule has 0 saturated carbocycles. The van der Waals surface area contributed by atoms with E-state index < -0.39 is 0 Å². The first-order valence-corrected chi connectivity index (χ1v) is 5.10. The molecule has 0 spiro atoms. The lowest BCUT2D eigenvalue weighted by Crippen LogP contribution is -2.16. The molecule has 1 aromatic heterocycles. The van der Waals surface area contributed by atoms with E-state index in [2.05, 4.69) is 18.0 Å². The van der Waals surface area contributed by atoms with Gasteiger partial charge in [0.05, 0.1) is 0 Å². The molecule has 0 radical (unpaired) electrons. The summed E-state index contributed by atoms with van der Waals surface area (Å²) in [4.78, 5) is 14.4. The zero-order chi connectivity index (χ0) is 10.1. The van der Waals surface area contributed by atoms with Crippen LogP contribution in [0.3, 0.4) is 0 Å². The van der Waals surface area contributed by atoms with Gasteiger partial charge in [0.15, 0.2) is 0 Å². The zero-order valence-electron chi connectivity index (χ0n) is 8.68. The Labute approximate surface area is 83.7 Å². The van der Waals surface area contributed by atoms with E-state index in [9.17, 15) is 4.79 Å². The van der Waals surface area contributed by atoms with Gasteiger partial charge in [0.1, 0.15) is 0 Å². The monoisotopic (exact) mass is 189 g/mol. The van der Waals surface area contributed by atoms with Crippen molar-refractivity contribution in [2.24, 2.45) is 0 Å². The lowest BCUT2D eigenvalue weighted by atomic mass is 9.90. The highest BCUT2D eigenvalue weighted by molar-refractivity contribution is 5.68. The number of pyridine rings is 1. The van der Waals surface area contributed by atoms with Crippen molar-refractivity contribution in [2.45, 2.75) is 33.1 Å². The summed E-state index contributed by atoms with van der Waals surface area (Å²) in [6.45, 7) is 3.92. The van der Waals surface area contributed by atoms with Crippen LogP contribution in [0.25, 0.3) is 5.57 Å². The summed E-state index contributed by atoms with van der Waals surface area (Å²) in [5.41, 5.74) is 4.59. The van der Waals surface area contributed by atoms with Crippen molar-refractivity contribution in [3.05, 3.63) is 39.3 Å². The minimum atomic E-state index is 0.0566. The molecule has 2 nitrogen and oxygen atoms in total. The first-order valence-electron chi connectivity index (χ1n) is 5.10. The lowest BCUT2D eigenvalue weighted by Gasteiger charge is -2.18. The highest BCUT2D eigenvalue weighted by Gasteiger charge is 2.14. The molecule has 0 fully saturated rings. The number of hydrogen-bond acceptors (Lipinski definition) is 1. The third-order valence-electron chi connectivity index (χ3n) is 2.88. The molecule has 0 atom stereocenters. The van der Waals surface area contributed by atoms with Crippen molar-refractivity contribution in [2.75, 3.05) is 0 Å². The van der Waals surface area contributed by atoms with Gasteiger partial charge in [-0.2, -0.15) is 0 Å². The van der Waals surface area contributed by atoms with Crippen molar-refractivity contribution in [1.82, 2.24) is 4.98 Å². The SMILES string of the molecule is C/C=C1/CCCc2[nH]c(=O)c(C)cc21. The molecular weight excluding hydrogens is 174 g/mol. The molecule has 1 aromatic rings. The fourth-order valence-electron chi connectivity index (χ4n) is 2.05. The van der Waals surface area contributed by atoms with Gasteiger partial charge in [-0.1, -0.05) is 6.08 Å². The molecule has 1 heterocycles. The second kappa shape index (κ2) is 3.45. The average Bonchev–Trinajstić information content (AvgIpc) is 2.19. The normalized spacial score (nSPS) is 18.3. The second-order valence-corrected chi connectivity index (χ2v) is 3.84. The van der Waals surface area contributed by atoms with Crippen molar-refractivity contribution < 1.29 is 0 Å². The summed E-state index contributed by atoms with van der Waals surface area (Å²) in [7, 11) is 0. The van der Waals surface area contributed by atoms with Crippen molar-refractivity contribution >= 4 is 5.57 Å². The van der Waals surface area contributed by atoms with E-state index in [-0.39, 0.29) is 5.56 Å². The van der Waals surface area contributed by atoms with Crippen LogP contribution in [0.5, 0.6) is 0 Å². The third-order valence-corrected chi connectivity index (χ3v) is 2.88. The topological polar surface area (TPSA) is 32.9 Å². The van der Waals surface area contributed by atoms with Gasteiger partial charge in [0.2, 0.25) is 0 Å². The molecule has 0 bridgehead atoms. The Morgan fingerprint density at radius 2 is 2.21 bits per heavy atom. The number of aromatic nitrogens is 1. The smallest absolute Gasteiger partial charge is 0.251 e. The fourth-order valence-corrected chi connectivity index (χ4v) is 2.05. The van der Waals surface area contributed by atoms with Crippen LogP contribution >= 0.6 is 0 Å². The average molecular weight is 189 g/mol. The molecule has 1 aliphatic rings. The van der Waals surface area contributed by atoms with E-state index in [0.717, 1.165) is 30.5 Å². The van der Waals surface area contributed by atoms with E-state index in [4.69, 9.17) is 0 Å². The molecule has 2 rings (SSSR count). The molecule has 0 saturated heterocycles. The van der Waals surface area contributed by atoms with Crippen LogP contribution in [0.2, 0.25) is 0 Å². The van der Waals surface area contributed by atoms with Gasteiger partial charge in [-0.25, -0.2) is 0 Å². The number of hydrogen-bond donors (Lipinski definition) is 1. The summed E-state index contributed by atoms with van der Waals surface area (Å²) in [5.74, 6) is 0. The summed E-state index contributed by atoms with van der Waals surface area (Å²) >= 11 is 0. The Kier molecular flexibility index (Phi) is 2.28. The van der Waals surface area contributed by atoms with E-state index in [0.29, 0.717) is 0 Å². The van der Waals surface area contributed by atoms with Gasteiger partial charge in [-0.3, -0.25) is 4.79 Å². The van der Waals surface area contributed by atoms with Gasteiger partial charge < -0.3 is 4.98 Å². The van der Waals surface area contributed by atoms with E-state index in [1.54, 1.807) is 0 Å². The number of aryl methyl sites for hydroxylation is 2. The summed E-state index contributed by atoms with van der Waals surface area (Å²) in [6, 6.07) is 2.02. The molecule has 1 N–H and O–H groups in total.